The maximum atomic E-state index is 5.14. The molecule has 2 rings (SSSR count). The second kappa shape index (κ2) is 3.62. The molecular formula is C9H13N5S. The van der Waals surface area contributed by atoms with Crippen LogP contribution in [-0.2, 0) is 0 Å². The summed E-state index contributed by atoms with van der Waals surface area (Å²) < 4.78 is 4.35. The molecule has 2 aromatic heterocycles. The predicted molar refractivity (Wildman–Crippen MR) is 59.7 cm³/mol. The first-order valence-corrected chi connectivity index (χ1v) is 5.19. The summed E-state index contributed by atoms with van der Waals surface area (Å²) >= 11 is 5.14. The van der Waals surface area contributed by atoms with Crippen molar-refractivity contribution in [2.24, 2.45) is 0 Å². The fourth-order valence-corrected chi connectivity index (χ4v) is 1.69. The highest BCUT2D eigenvalue weighted by Crippen LogP contribution is 2.11. The van der Waals surface area contributed by atoms with E-state index in [0.717, 1.165) is 11.5 Å². The van der Waals surface area contributed by atoms with Gasteiger partial charge in [-0.05, 0) is 33.0 Å². The number of aromatic amines is 1. The lowest BCUT2D eigenvalue weighted by molar-refractivity contribution is 0.532. The molecule has 2 heterocycles. The Bertz CT molecular complexity index is 519. The van der Waals surface area contributed by atoms with E-state index < -0.39 is 0 Å². The van der Waals surface area contributed by atoms with Crippen LogP contribution in [0.5, 0.6) is 0 Å². The third-order valence-electron chi connectivity index (χ3n) is 2.22. The van der Waals surface area contributed by atoms with E-state index in [1.807, 2.05) is 22.4 Å². The van der Waals surface area contributed by atoms with Crippen molar-refractivity contribution in [3.05, 3.63) is 23.0 Å². The van der Waals surface area contributed by atoms with Crippen LogP contribution < -0.4 is 0 Å². The first-order chi connectivity index (χ1) is 7.09. The molecule has 0 saturated heterocycles. The van der Waals surface area contributed by atoms with Gasteiger partial charge in [-0.15, -0.1) is 0 Å². The minimum absolute atomic E-state index is 0.347. The number of aromatic nitrogens is 5. The van der Waals surface area contributed by atoms with Crippen LogP contribution >= 0.6 is 12.2 Å². The Labute approximate surface area is 92.7 Å². The number of nitrogens with one attached hydrogen (secondary N) is 1. The molecule has 0 aliphatic heterocycles. The van der Waals surface area contributed by atoms with E-state index in [4.69, 9.17) is 12.2 Å². The second-order valence-electron chi connectivity index (χ2n) is 3.68. The topological polar surface area (TPSA) is 51.4 Å². The highest BCUT2D eigenvalue weighted by molar-refractivity contribution is 7.71. The molecule has 0 spiro atoms. The molecule has 0 atom stereocenters. The number of hydrogen-bond donors (Lipinski definition) is 1. The summed E-state index contributed by atoms with van der Waals surface area (Å²) in [4.78, 5) is 0. The Morgan fingerprint density at radius 3 is 2.67 bits per heavy atom. The monoisotopic (exact) mass is 223 g/mol. The first-order valence-electron chi connectivity index (χ1n) is 4.78. The van der Waals surface area contributed by atoms with Gasteiger partial charge in [-0.3, -0.25) is 14.3 Å². The van der Waals surface area contributed by atoms with Gasteiger partial charge >= 0.3 is 0 Å². The summed E-state index contributed by atoms with van der Waals surface area (Å²) in [7, 11) is 0. The zero-order valence-electron chi connectivity index (χ0n) is 8.93. The molecule has 0 unspecified atom stereocenters. The summed E-state index contributed by atoms with van der Waals surface area (Å²) in [5.74, 6) is 0.836. The van der Waals surface area contributed by atoms with Crippen molar-refractivity contribution < 1.29 is 0 Å². The zero-order chi connectivity index (χ0) is 11.0. The molecule has 15 heavy (non-hydrogen) atoms. The zero-order valence-corrected chi connectivity index (χ0v) is 9.75. The van der Waals surface area contributed by atoms with Crippen LogP contribution in [0.3, 0.4) is 0 Å². The van der Waals surface area contributed by atoms with E-state index in [1.54, 1.807) is 6.20 Å². The standard InChI is InChI=1S/C9H13N5S/c1-6(2)13-5-8(4-10-13)14-7(3)11-12-9(14)15/h4-6H,1-3H3,(H,12,15). The van der Waals surface area contributed by atoms with Gasteiger partial charge in [0.15, 0.2) is 4.77 Å². The third-order valence-corrected chi connectivity index (χ3v) is 2.49. The Morgan fingerprint density at radius 1 is 1.47 bits per heavy atom. The van der Waals surface area contributed by atoms with E-state index >= 15 is 0 Å². The highest BCUT2D eigenvalue weighted by atomic mass is 32.1. The van der Waals surface area contributed by atoms with Crippen molar-refractivity contribution in [1.82, 2.24) is 24.5 Å². The molecule has 0 radical (unpaired) electrons. The minimum Gasteiger partial charge on any atom is -0.269 e. The number of rotatable bonds is 2. The van der Waals surface area contributed by atoms with E-state index in [0.29, 0.717) is 10.8 Å². The van der Waals surface area contributed by atoms with E-state index in [1.165, 1.54) is 0 Å². The second-order valence-corrected chi connectivity index (χ2v) is 4.07. The molecule has 2 aromatic rings. The Hall–Kier alpha value is -1.43. The summed E-state index contributed by atoms with van der Waals surface area (Å²) in [6, 6.07) is 0.347. The van der Waals surface area contributed by atoms with Crippen molar-refractivity contribution >= 4 is 12.2 Å². The molecule has 0 aliphatic carbocycles. The fraction of sp³-hybridized carbons (Fsp3) is 0.444. The molecule has 0 amide bonds. The van der Waals surface area contributed by atoms with Crippen molar-refractivity contribution in [3.8, 4) is 5.69 Å². The van der Waals surface area contributed by atoms with Gasteiger partial charge in [0.05, 0.1) is 11.9 Å². The maximum absolute atomic E-state index is 5.14. The van der Waals surface area contributed by atoms with Gasteiger partial charge in [-0.1, -0.05) is 0 Å². The molecule has 0 aliphatic rings. The van der Waals surface area contributed by atoms with Gasteiger partial charge in [0.25, 0.3) is 0 Å². The number of nitrogens with zero attached hydrogens (tertiary/aromatic N) is 4. The van der Waals surface area contributed by atoms with Gasteiger partial charge in [0.2, 0.25) is 0 Å². The lowest BCUT2D eigenvalue weighted by Crippen LogP contribution is -2.00. The molecule has 1 N–H and O–H groups in total. The quantitative estimate of drug-likeness (QED) is 0.792. The average Bonchev–Trinajstić information content (AvgIpc) is 2.73. The molecule has 0 fully saturated rings. The summed E-state index contributed by atoms with van der Waals surface area (Å²) in [5, 5.41) is 11.1. The van der Waals surface area contributed by atoms with E-state index in [2.05, 4.69) is 29.1 Å². The van der Waals surface area contributed by atoms with Crippen molar-refractivity contribution in [3.63, 3.8) is 0 Å². The van der Waals surface area contributed by atoms with Gasteiger partial charge < -0.3 is 0 Å². The van der Waals surface area contributed by atoms with Crippen LogP contribution in [0, 0.1) is 11.7 Å². The first kappa shape index (κ1) is 10.1. The Balaban J connectivity index is 2.50. The summed E-state index contributed by atoms with van der Waals surface area (Å²) in [6.45, 7) is 6.07. The predicted octanol–water partition coefficient (Wildman–Crippen LogP) is 2.02. The van der Waals surface area contributed by atoms with Gasteiger partial charge in [0.1, 0.15) is 5.82 Å². The lowest BCUT2D eigenvalue weighted by Gasteiger charge is -2.03. The molecule has 0 bridgehead atoms. The molecule has 6 heteroatoms. The molecule has 80 valence electrons. The molecule has 5 nitrogen and oxygen atoms in total. The van der Waals surface area contributed by atoms with Gasteiger partial charge in [0, 0.05) is 12.2 Å². The maximum Gasteiger partial charge on any atom is 0.199 e. The van der Waals surface area contributed by atoms with Crippen molar-refractivity contribution in [1.29, 1.82) is 0 Å². The van der Waals surface area contributed by atoms with Crippen LogP contribution in [0.4, 0.5) is 0 Å². The van der Waals surface area contributed by atoms with Crippen LogP contribution in [0.25, 0.3) is 5.69 Å². The molecule has 0 aromatic carbocycles. The summed E-state index contributed by atoms with van der Waals surface area (Å²) in [6.07, 6.45) is 3.75. The Kier molecular flexibility index (Phi) is 2.44. The van der Waals surface area contributed by atoms with Gasteiger partial charge in [-0.25, -0.2) is 0 Å². The van der Waals surface area contributed by atoms with E-state index in [9.17, 15) is 0 Å². The third kappa shape index (κ3) is 1.72. The number of aryl methyl sites for hydroxylation is 1. The lowest BCUT2D eigenvalue weighted by atomic mass is 10.4. The average molecular weight is 223 g/mol. The van der Waals surface area contributed by atoms with Crippen LogP contribution in [-0.4, -0.2) is 24.5 Å². The number of hydrogen-bond acceptors (Lipinski definition) is 3. The fourth-order valence-electron chi connectivity index (χ4n) is 1.41. The number of H-pyrrole nitrogens is 1. The van der Waals surface area contributed by atoms with Crippen LogP contribution in [0.15, 0.2) is 12.4 Å². The Morgan fingerprint density at radius 2 is 2.20 bits per heavy atom. The van der Waals surface area contributed by atoms with Crippen molar-refractivity contribution in [2.75, 3.05) is 0 Å². The smallest absolute Gasteiger partial charge is 0.199 e. The largest absolute Gasteiger partial charge is 0.269 e. The normalized spacial score (nSPS) is 11.2. The SMILES string of the molecule is Cc1n[nH]c(=S)n1-c1cnn(C(C)C)c1. The van der Waals surface area contributed by atoms with Crippen LogP contribution in [0.1, 0.15) is 25.7 Å². The molecular weight excluding hydrogens is 210 g/mol. The minimum atomic E-state index is 0.347. The molecule has 0 saturated carbocycles. The van der Waals surface area contributed by atoms with E-state index in [-0.39, 0.29) is 0 Å². The summed E-state index contributed by atoms with van der Waals surface area (Å²) in [5.41, 5.74) is 0.944. The highest BCUT2D eigenvalue weighted by Gasteiger charge is 2.07. The van der Waals surface area contributed by atoms with Crippen LogP contribution in [0.2, 0.25) is 0 Å². The van der Waals surface area contributed by atoms with Crippen molar-refractivity contribution in [2.45, 2.75) is 26.8 Å². The van der Waals surface area contributed by atoms with Gasteiger partial charge in [-0.2, -0.15) is 10.2 Å².